The molecule has 1 aromatic heterocycles. The zero-order chi connectivity index (χ0) is 22.1. The van der Waals surface area contributed by atoms with Crippen molar-refractivity contribution in [3.63, 3.8) is 0 Å². The van der Waals surface area contributed by atoms with Crippen molar-refractivity contribution in [2.45, 2.75) is 66.1 Å². The number of aromatic nitrogens is 1. The molecule has 3 aromatic rings. The lowest BCUT2D eigenvalue weighted by atomic mass is 10.2. The number of nitrogens with one attached hydrogen (secondary N) is 1. The molecule has 0 radical (unpaired) electrons. The Hall–Kier alpha value is -2.44. The molecule has 5 nitrogen and oxygen atoms in total. The van der Waals surface area contributed by atoms with E-state index < -0.39 is 0 Å². The Morgan fingerprint density at radius 3 is 1.35 bits per heavy atom. The highest BCUT2D eigenvalue weighted by Crippen LogP contribution is 2.15. The number of benzene rings is 2. The summed E-state index contributed by atoms with van der Waals surface area (Å²) in [5.74, 6) is 0. The van der Waals surface area contributed by atoms with Crippen LogP contribution in [0.15, 0.2) is 72.8 Å². The van der Waals surface area contributed by atoms with Crippen LogP contribution in [0.25, 0.3) is 0 Å². The van der Waals surface area contributed by atoms with Gasteiger partial charge in [0.1, 0.15) is 0 Å². The van der Waals surface area contributed by atoms with Crippen molar-refractivity contribution >= 4 is 0 Å². The van der Waals surface area contributed by atoms with Crippen LogP contribution in [0.1, 0.15) is 50.2 Å². The Bertz CT molecular complexity index is 806. The summed E-state index contributed by atoms with van der Waals surface area (Å²) in [6.07, 6.45) is 0. The van der Waals surface area contributed by atoms with E-state index in [1.807, 2.05) is 46.5 Å². The molecular formula is C26H35N3O2. The molecule has 1 heterocycles. The molecule has 0 unspecified atom stereocenters. The maximum Gasteiger partial charge on any atom is 0.0936 e. The van der Waals surface area contributed by atoms with Gasteiger partial charge in [-0.1, -0.05) is 60.7 Å². The molecule has 5 heteroatoms. The average molecular weight is 422 g/mol. The van der Waals surface area contributed by atoms with E-state index in [0.717, 1.165) is 11.4 Å². The molecule has 3 rings (SSSR count). The van der Waals surface area contributed by atoms with Crippen LogP contribution in [0.3, 0.4) is 0 Å². The quantitative estimate of drug-likeness (QED) is 0.381. The highest BCUT2D eigenvalue weighted by Gasteiger charge is 2.15. The number of H-pyrrole nitrogens is 1. The van der Waals surface area contributed by atoms with Gasteiger partial charge in [0.2, 0.25) is 0 Å². The van der Waals surface area contributed by atoms with E-state index in [4.69, 9.17) is 9.68 Å². The molecule has 31 heavy (non-hydrogen) atoms. The highest BCUT2D eigenvalue weighted by molar-refractivity contribution is 5.15. The SMILES string of the molecule is CC(C)N(Cc1ccc(CN(OCc2ccccc2)C(C)C)[nH]1)OCc1ccccc1. The summed E-state index contributed by atoms with van der Waals surface area (Å²) in [7, 11) is 0. The first-order chi connectivity index (χ1) is 15.0. The van der Waals surface area contributed by atoms with Crippen LogP contribution < -0.4 is 0 Å². The molecule has 0 aliphatic heterocycles. The van der Waals surface area contributed by atoms with Gasteiger partial charge in [-0.2, -0.15) is 10.1 Å². The van der Waals surface area contributed by atoms with Crippen LogP contribution in [-0.2, 0) is 36.0 Å². The third-order valence-electron chi connectivity index (χ3n) is 5.09. The highest BCUT2D eigenvalue weighted by atomic mass is 16.7. The Balaban J connectivity index is 1.55. The van der Waals surface area contributed by atoms with Crippen LogP contribution in [-0.4, -0.2) is 27.2 Å². The van der Waals surface area contributed by atoms with E-state index in [1.165, 1.54) is 11.1 Å². The van der Waals surface area contributed by atoms with Gasteiger partial charge in [0, 0.05) is 23.5 Å². The average Bonchev–Trinajstić information content (AvgIpc) is 3.22. The molecule has 2 aromatic carbocycles. The fourth-order valence-electron chi connectivity index (χ4n) is 3.23. The summed E-state index contributed by atoms with van der Waals surface area (Å²) in [5.41, 5.74) is 4.60. The third-order valence-corrected chi connectivity index (χ3v) is 5.09. The minimum absolute atomic E-state index is 0.275. The van der Waals surface area contributed by atoms with Gasteiger partial charge >= 0.3 is 0 Å². The molecule has 0 amide bonds. The first-order valence-corrected chi connectivity index (χ1v) is 11.0. The molecule has 0 aliphatic carbocycles. The van der Waals surface area contributed by atoms with E-state index in [1.54, 1.807) is 0 Å². The van der Waals surface area contributed by atoms with E-state index in [0.29, 0.717) is 26.3 Å². The van der Waals surface area contributed by atoms with Crippen molar-refractivity contribution in [1.29, 1.82) is 0 Å². The van der Waals surface area contributed by atoms with Gasteiger partial charge in [-0.05, 0) is 51.0 Å². The summed E-state index contributed by atoms with van der Waals surface area (Å²) < 4.78 is 0. The smallest absolute Gasteiger partial charge is 0.0936 e. The van der Waals surface area contributed by atoms with Gasteiger partial charge < -0.3 is 4.98 Å². The molecule has 0 bridgehead atoms. The number of hydroxylamine groups is 4. The molecule has 0 spiro atoms. The molecule has 0 saturated carbocycles. The van der Waals surface area contributed by atoms with Crippen LogP contribution in [0.5, 0.6) is 0 Å². The van der Waals surface area contributed by atoms with Crippen molar-refractivity contribution in [2.24, 2.45) is 0 Å². The number of nitrogens with zero attached hydrogens (tertiary/aromatic N) is 2. The summed E-state index contributed by atoms with van der Waals surface area (Å²) in [6.45, 7) is 11.1. The van der Waals surface area contributed by atoms with Crippen molar-refractivity contribution < 1.29 is 9.68 Å². The molecule has 0 saturated heterocycles. The molecule has 0 aliphatic rings. The second-order valence-electron chi connectivity index (χ2n) is 8.36. The number of aromatic amines is 1. The van der Waals surface area contributed by atoms with Gasteiger partial charge in [0.25, 0.3) is 0 Å². The number of hydrogen-bond acceptors (Lipinski definition) is 4. The Kier molecular flexibility index (Phi) is 8.85. The predicted octanol–water partition coefficient (Wildman–Crippen LogP) is 5.70. The van der Waals surface area contributed by atoms with Crippen LogP contribution in [0.2, 0.25) is 0 Å². The largest absolute Gasteiger partial charge is 0.360 e. The second kappa shape index (κ2) is 11.8. The summed E-state index contributed by atoms with van der Waals surface area (Å²) in [5, 5.41) is 4.05. The number of hydrogen-bond donors (Lipinski definition) is 1. The van der Waals surface area contributed by atoms with Crippen molar-refractivity contribution in [1.82, 2.24) is 15.1 Å². The van der Waals surface area contributed by atoms with Crippen molar-refractivity contribution in [2.75, 3.05) is 0 Å². The lowest BCUT2D eigenvalue weighted by Gasteiger charge is -2.26. The summed E-state index contributed by atoms with van der Waals surface area (Å²) in [4.78, 5) is 15.7. The van der Waals surface area contributed by atoms with E-state index >= 15 is 0 Å². The molecule has 0 fully saturated rings. The van der Waals surface area contributed by atoms with Gasteiger partial charge in [-0.3, -0.25) is 9.68 Å². The van der Waals surface area contributed by atoms with Gasteiger partial charge in [-0.25, -0.2) is 0 Å². The molecule has 1 N–H and O–H groups in total. The maximum absolute atomic E-state index is 6.09. The Morgan fingerprint density at radius 2 is 1.00 bits per heavy atom. The topological polar surface area (TPSA) is 40.7 Å². The van der Waals surface area contributed by atoms with E-state index in [-0.39, 0.29) is 12.1 Å². The Morgan fingerprint density at radius 1 is 0.613 bits per heavy atom. The predicted molar refractivity (Wildman–Crippen MR) is 125 cm³/mol. The standard InChI is InChI=1S/C26H35N3O2/c1-21(2)28(30-19-23-11-7-5-8-12-23)17-25-15-16-26(27-25)18-29(22(3)4)31-20-24-13-9-6-10-14-24/h5-16,21-22,27H,17-20H2,1-4H3. The normalized spacial score (nSPS) is 11.9. The third kappa shape index (κ3) is 7.64. The number of rotatable bonds is 12. The minimum atomic E-state index is 0.275. The van der Waals surface area contributed by atoms with Gasteiger partial charge in [0.05, 0.1) is 26.3 Å². The van der Waals surface area contributed by atoms with E-state index in [2.05, 4.69) is 69.1 Å². The zero-order valence-electron chi connectivity index (χ0n) is 19.1. The second-order valence-corrected chi connectivity index (χ2v) is 8.36. The lowest BCUT2D eigenvalue weighted by Crippen LogP contribution is -2.31. The fourth-order valence-corrected chi connectivity index (χ4v) is 3.23. The zero-order valence-corrected chi connectivity index (χ0v) is 19.1. The van der Waals surface area contributed by atoms with E-state index in [9.17, 15) is 0 Å². The van der Waals surface area contributed by atoms with Gasteiger partial charge in [0.15, 0.2) is 0 Å². The van der Waals surface area contributed by atoms with Crippen molar-refractivity contribution in [3.05, 3.63) is 95.3 Å². The first kappa shape index (κ1) is 23.2. The monoisotopic (exact) mass is 421 g/mol. The van der Waals surface area contributed by atoms with Crippen molar-refractivity contribution in [3.8, 4) is 0 Å². The maximum atomic E-state index is 6.09. The lowest BCUT2D eigenvalue weighted by molar-refractivity contribution is -0.198. The molecule has 166 valence electrons. The minimum Gasteiger partial charge on any atom is -0.360 e. The van der Waals surface area contributed by atoms with Crippen LogP contribution in [0.4, 0.5) is 0 Å². The van der Waals surface area contributed by atoms with Crippen LogP contribution in [0, 0.1) is 0 Å². The van der Waals surface area contributed by atoms with Gasteiger partial charge in [-0.15, -0.1) is 0 Å². The molecular weight excluding hydrogens is 386 g/mol. The van der Waals surface area contributed by atoms with Crippen LogP contribution >= 0.6 is 0 Å². The molecule has 0 atom stereocenters. The fraction of sp³-hybridized carbons (Fsp3) is 0.385. The Labute approximate surface area is 186 Å². The summed E-state index contributed by atoms with van der Waals surface area (Å²) in [6, 6.07) is 25.3. The summed E-state index contributed by atoms with van der Waals surface area (Å²) >= 11 is 0. The first-order valence-electron chi connectivity index (χ1n) is 11.0.